The van der Waals surface area contributed by atoms with Crippen molar-refractivity contribution in [2.75, 3.05) is 0 Å². The minimum Gasteiger partial charge on any atom is -0.460 e. The molecule has 0 radical (unpaired) electrons. The predicted molar refractivity (Wildman–Crippen MR) is 52.3 cm³/mol. The van der Waals surface area contributed by atoms with Crippen molar-refractivity contribution >= 4 is 0 Å². The Labute approximate surface area is 83.5 Å². The van der Waals surface area contributed by atoms with Gasteiger partial charge in [0.05, 0.1) is 5.69 Å². The topological polar surface area (TPSA) is 35.0 Å². The minimum absolute atomic E-state index is 0.384. The summed E-state index contributed by atoms with van der Waals surface area (Å²) >= 11 is 0. The van der Waals surface area contributed by atoms with E-state index in [-0.39, 0.29) is 0 Å². The first-order valence-corrected chi connectivity index (χ1v) is 5.43. The second-order valence-electron chi connectivity index (χ2n) is 4.15. The van der Waals surface area contributed by atoms with Crippen LogP contribution >= 0.6 is 0 Å². The normalized spacial score (nSPS) is 20.3. The van der Waals surface area contributed by atoms with Crippen LogP contribution in [0.5, 0.6) is 6.01 Å². The molecule has 0 atom stereocenters. The van der Waals surface area contributed by atoms with E-state index in [0.29, 0.717) is 12.1 Å². The standard InChI is InChI=1S/C11H14N2O/c1-3-8-7-12-11(13-10(8)6-1)14-9-4-2-5-9/h7,9H,1-6H2. The van der Waals surface area contributed by atoms with E-state index in [9.17, 15) is 0 Å². The van der Waals surface area contributed by atoms with Gasteiger partial charge >= 0.3 is 6.01 Å². The molecule has 1 aromatic heterocycles. The van der Waals surface area contributed by atoms with Gasteiger partial charge in [-0.3, -0.25) is 0 Å². The van der Waals surface area contributed by atoms with Crippen LogP contribution < -0.4 is 4.74 Å². The van der Waals surface area contributed by atoms with Crippen molar-refractivity contribution in [3.63, 3.8) is 0 Å². The molecule has 14 heavy (non-hydrogen) atoms. The molecule has 1 saturated carbocycles. The lowest BCUT2D eigenvalue weighted by Gasteiger charge is -2.25. The smallest absolute Gasteiger partial charge is 0.316 e. The molecule has 0 unspecified atom stereocenters. The van der Waals surface area contributed by atoms with Gasteiger partial charge in [0, 0.05) is 6.20 Å². The van der Waals surface area contributed by atoms with Crippen LogP contribution in [-0.2, 0) is 12.8 Å². The van der Waals surface area contributed by atoms with E-state index in [4.69, 9.17) is 4.74 Å². The number of nitrogens with zero attached hydrogens (tertiary/aromatic N) is 2. The number of hydrogen-bond acceptors (Lipinski definition) is 3. The van der Waals surface area contributed by atoms with Crippen LogP contribution in [0, 0.1) is 0 Å². The molecular weight excluding hydrogens is 176 g/mol. The molecule has 3 heteroatoms. The van der Waals surface area contributed by atoms with Gasteiger partial charge in [0.1, 0.15) is 6.10 Å². The van der Waals surface area contributed by atoms with E-state index in [1.807, 2.05) is 6.20 Å². The van der Waals surface area contributed by atoms with Crippen LogP contribution in [0.1, 0.15) is 36.9 Å². The lowest BCUT2D eigenvalue weighted by molar-refractivity contribution is 0.108. The molecule has 74 valence electrons. The number of ether oxygens (including phenoxy) is 1. The highest BCUT2D eigenvalue weighted by atomic mass is 16.5. The summed E-state index contributed by atoms with van der Waals surface area (Å²) in [6.45, 7) is 0. The van der Waals surface area contributed by atoms with Gasteiger partial charge in [-0.05, 0) is 44.1 Å². The summed E-state index contributed by atoms with van der Waals surface area (Å²) in [7, 11) is 0. The Morgan fingerprint density at radius 3 is 2.93 bits per heavy atom. The Balaban J connectivity index is 1.78. The van der Waals surface area contributed by atoms with Gasteiger partial charge in [-0.25, -0.2) is 4.98 Å². The summed E-state index contributed by atoms with van der Waals surface area (Å²) in [5.74, 6) is 0. The minimum atomic E-state index is 0.384. The van der Waals surface area contributed by atoms with Crippen LogP contribution in [0.15, 0.2) is 6.20 Å². The Bertz CT molecular complexity index is 347. The molecule has 2 aliphatic carbocycles. The molecule has 0 spiro atoms. The molecule has 1 fully saturated rings. The summed E-state index contributed by atoms with van der Waals surface area (Å²) in [4.78, 5) is 8.68. The number of aromatic nitrogens is 2. The average Bonchev–Trinajstić information content (AvgIpc) is 2.58. The Morgan fingerprint density at radius 2 is 2.14 bits per heavy atom. The largest absolute Gasteiger partial charge is 0.460 e. The van der Waals surface area contributed by atoms with Crippen LogP contribution in [0.25, 0.3) is 0 Å². The van der Waals surface area contributed by atoms with Gasteiger partial charge in [0.15, 0.2) is 0 Å². The summed E-state index contributed by atoms with van der Waals surface area (Å²) in [5.41, 5.74) is 2.51. The highest BCUT2D eigenvalue weighted by molar-refractivity contribution is 5.23. The number of hydrogen-bond donors (Lipinski definition) is 0. The number of rotatable bonds is 2. The molecule has 0 bridgehead atoms. The second-order valence-corrected chi connectivity index (χ2v) is 4.15. The van der Waals surface area contributed by atoms with Crippen molar-refractivity contribution in [2.24, 2.45) is 0 Å². The van der Waals surface area contributed by atoms with E-state index < -0.39 is 0 Å². The average molecular weight is 190 g/mol. The Kier molecular flexibility index (Phi) is 1.89. The van der Waals surface area contributed by atoms with E-state index in [0.717, 1.165) is 12.8 Å². The van der Waals surface area contributed by atoms with Crippen LogP contribution in [0.2, 0.25) is 0 Å². The third-order valence-corrected chi connectivity index (χ3v) is 3.12. The first-order chi connectivity index (χ1) is 6.92. The third-order valence-electron chi connectivity index (χ3n) is 3.12. The first-order valence-electron chi connectivity index (χ1n) is 5.43. The van der Waals surface area contributed by atoms with Crippen molar-refractivity contribution in [3.8, 4) is 6.01 Å². The van der Waals surface area contributed by atoms with Gasteiger partial charge in [0.2, 0.25) is 0 Å². The molecule has 0 N–H and O–H groups in total. The lowest BCUT2D eigenvalue weighted by Crippen LogP contribution is -2.25. The molecular formula is C11H14N2O. The summed E-state index contributed by atoms with van der Waals surface area (Å²) in [6.07, 6.45) is 9.39. The maximum absolute atomic E-state index is 5.65. The van der Waals surface area contributed by atoms with E-state index >= 15 is 0 Å². The molecule has 1 heterocycles. The zero-order chi connectivity index (χ0) is 9.38. The monoisotopic (exact) mass is 190 g/mol. The first kappa shape index (κ1) is 8.21. The Morgan fingerprint density at radius 1 is 1.21 bits per heavy atom. The van der Waals surface area contributed by atoms with Crippen LogP contribution in [0.3, 0.4) is 0 Å². The van der Waals surface area contributed by atoms with E-state index in [1.54, 1.807) is 0 Å². The van der Waals surface area contributed by atoms with Gasteiger partial charge in [-0.15, -0.1) is 0 Å². The molecule has 0 aliphatic heterocycles. The zero-order valence-corrected chi connectivity index (χ0v) is 8.20. The second kappa shape index (κ2) is 3.23. The fourth-order valence-corrected chi connectivity index (χ4v) is 1.99. The van der Waals surface area contributed by atoms with Crippen molar-refractivity contribution in [1.29, 1.82) is 0 Å². The molecule has 0 aromatic carbocycles. The highest BCUT2D eigenvalue weighted by Crippen LogP contribution is 2.25. The molecule has 0 amide bonds. The van der Waals surface area contributed by atoms with Crippen molar-refractivity contribution in [2.45, 2.75) is 44.6 Å². The van der Waals surface area contributed by atoms with Gasteiger partial charge in [-0.1, -0.05) is 0 Å². The fraction of sp³-hybridized carbons (Fsp3) is 0.636. The Hall–Kier alpha value is -1.12. The van der Waals surface area contributed by atoms with Crippen molar-refractivity contribution in [1.82, 2.24) is 9.97 Å². The molecule has 0 saturated heterocycles. The SMILES string of the molecule is c1nc(OC2CCC2)nc2c1CCC2. The zero-order valence-electron chi connectivity index (χ0n) is 8.20. The quantitative estimate of drug-likeness (QED) is 0.714. The van der Waals surface area contributed by atoms with Gasteiger partial charge < -0.3 is 4.74 Å². The van der Waals surface area contributed by atoms with E-state index in [1.165, 1.54) is 36.9 Å². The van der Waals surface area contributed by atoms with Gasteiger partial charge in [-0.2, -0.15) is 4.98 Å². The number of aryl methyl sites for hydroxylation is 2. The van der Waals surface area contributed by atoms with Crippen molar-refractivity contribution in [3.05, 3.63) is 17.5 Å². The molecule has 3 rings (SSSR count). The van der Waals surface area contributed by atoms with E-state index in [2.05, 4.69) is 9.97 Å². The summed E-state index contributed by atoms with van der Waals surface area (Å²) in [6, 6.07) is 0.593. The number of fused-ring (bicyclic) bond motifs is 1. The fourth-order valence-electron chi connectivity index (χ4n) is 1.99. The molecule has 3 nitrogen and oxygen atoms in total. The predicted octanol–water partition coefficient (Wildman–Crippen LogP) is 1.90. The van der Waals surface area contributed by atoms with Gasteiger partial charge in [0.25, 0.3) is 0 Å². The maximum atomic E-state index is 5.65. The van der Waals surface area contributed by atoms with Crippen molar-refractivity contribution < 1.29 is 4.74 Å². The third kappa shape index (κ3) is 1.37. The highest BCUT2D eigenvalue weighted by Gasteiger charge is 2.21. The maximum Gasteiger partial charge on any atom is 0.316 e. The molecule has 1 aromatic rings. The van der Waals surface area contributed by atoms with Crippen LogP contribution in [0.4, 0.5) is 0 Å². The summed E-state index contributed by atoms with van der Waals surface area (Å²) < 4.78 is 5.65. The molecule has 2 aliphatic rings. The lowest BCUT2D eigenvalue weighted by atomic mass is 9.96. The van der Waals surface area contributed by atoms with Crippen LogP contribution in [-0.4, -0.2) is 16.1 Å². The summed E-state index contributed by atoms with van der Waals surface area (Å²) in [5, 5.41) is 0.